The van der Waals surface area contributed by atoms with Crippen LogP contribution in [0.25, 0.3) is 6.08 Å². The van der Waals surface area contributed by atoms with Gasteiger partial charge in [0.2, 0.25) is 0 Å². The summed E-state index contributed by atoms with van der Waals surface area (Å²) in [6.45, 7) is 4.98. The van der Waals surface area contributed by atoms with Crippen LogP contribution in [0.1, 0.15) is 36.2 Å². The van der Waals surface area contributed by atoms with Gasteiger partial charge in [0, 0.05) is 5.56 Å². The molecule has 2 aromatic carbocycles. The van der Waals surface area contributed by atoms with Gasteiger partial charge in [-0.2, -0.15) is 0 Å². The van der Waals surface area contributed by atoms with Gasteiger partial charge in [-0.15, -0.1) is 0 Å². The maximum atomic E-state index is 12.4. The topological polar surface area (TPSA) is 44.8 Å². The molecule has 0 unspecified atom stereocenters. The van der Waals surface area contributed by atoms with E-state index in [9.17, 15) is 4.79 Å². The highest BCUT2D eigenvalue weighted by atomic mass is 35.5. The number of ketones is 1. The van der Waals surface area contributed by atoms with Gasteiger partial charge in [-0.1, -0.05) is 31.5 Å². The quantitative estimate of drug-likeness (QED) is 0.409. The van der Waals surface area contributed by atoms with Crippen LogP contribution in [0.5, 0.6) is 17.2 Å². The van der Waals surface area contributed by atoms with E-state index in [4.69, 9.17) is 25.8 Å². The number of rotatable bonds is 9. The summed E-state index contributed by atoms with van der Waals surface area (Å²) < 4.78 is 16.1. The summed E-state index contributed by atoms with van der Waals surface area (Å²) >= 11 is 6.19. The summed E-state index contributed by atoms with van der Waals surface area (Å²) in [6.07, 6.45) is 4.20. The SMILES string of the molecule is COc1cc(C=CC(=O)c2ccc(OCCC(C)C)cc2)cc(Cl)c1OC. The van der Waals surface area contributed by atoms with Crippen molar-refractivity contribution in [1.29, 1.82) is 0 Å². The Morgan fingerprint density at radius 1 is 1.11 bits per heavy atom. The molecule has 0 bridgehead atoms. The van der Waals surface area contributed by atoms with Crippen LogP contribution < -0.4 is 14.2 Å². The van der Waals surface area contributed by atoms with E-state index in [1.54, 1.807) is 30.3 Å². The third kappa shape index (κ3) is 6.04. The fraction of sp³-hybridized carbons (Fsp3) is 0.318. The molecule has 27 heavy (non-hydrogen) atoms. The molecule has 0 N–H and O–H groups in total. The number of ether oxygens (including phenoxy) is 3. The minimum atomic E-state index is -0.102. The number of carbonyl (C=O) groups excluding carboxylic acids is 1. The lowest BCUT2D eigenvalue weighted by Crippen LogP contribution is -2.01. The third-order valence-electron chi connectivity index (χ3n) is 3.99. The zero-order valence-corrected chi connectivity index (χ0v) is 16.9. The van der Waals surface area contributed by atoms with Crippen molar-refractivity contribution in [3.63, 3.8) is 0 Å². The molecule has 2 rings (SSSR count). The average molecular weight is 389 g/mol. The van der Waals surface area contributed by atoms with Gasteiger partial charge in [-0.05, 0) is 60.4 Å². The standard InChI is InChI=1S/C22H25ClO4/c1-15(2)11-12-27-18-8-6-17(7-9-18)20(24)10-5-16-13-19(23)22(26-4)21(14-16)25-3/h5-10,13-15H,11-12H2,1-4H3. The second kappa shape index (κ2) is 10.0. The van der Waals surface area contributed by atoms with Gasteiger partial charge in [0.05, 0.1) is 25.8 Å². The molecule has 4 nitrogen and oxygen atoms in total. The van der Waals surface area contributed by atoms with Crippen LogP contribution >= 0.6 is 11.6 Å². The summed E-state index contributed by atoms with van der Waals surface area (Å²) in [5.74, 6) is 2.24. The van der Waals surface area contributed by atoms with Gasteiger partial charge in [0.15, 0.2) is 17.3 Å². The lowest BCUT2D eigenvalue weighted by atomic mass is 10.1. The molecule has 0 radical (unpaired) electrons. The van der Waals surface area contributed by atoms with Crippen LogP contribution in [0.4, 0.5) is 0 Å². The van der Waals surface area contributed by atoms with Crippen molar-refractivity contribution in [1.82, 2.24) is 0 Å². The first-order chi connectivity index (χ1) is 12.9. The number of carbonyl (C=O) groups is 1. The molecule has 0 saturated carbocycles. The van der Waals surface area contributed by atoms with Crippen LogP contribution in [0.3, 0.4) is 0 Å². The van der Waals surface area contributed by atoms with Crippen molar-refractivity contribution < 1.29 is 19.0 Å². The molecule has 0 fully saturated rings. The van der Waals surface area contributed by atoms with E-state index in [1.165, 1.54) is 20.3 Å². The Bertz CT molecular complexity index is 795. The summed E-state index contributed by atoms with van der Waals surface area (Å²) in [4.78, 5) is 12.4. The Morgan fingerprint density at radius 3 is 2.41 bits per heavy atom. The number of benzene rings is 2. The predicted molar refractivity (Wildman–Crippen MR) is 109 cm³/mol. The van der Waals surface area contributed by atoms with E-state index in [0.717, 1.165) is 17.7 Å². The van der Waals surface area contributed by atoms with E-state index in [0.29, 0.717) is 34.6 Å². The van der Waals surface area contributed by atoms with E-state index in [2.05, 4.69) is 13.8 Å². The Labute approximate surface area is 165 Å². The number of hydrogen-bond acceptors (Lipinski definition) is 4. The van der Waals surface area contributed by atoms with Crippen molar-refractivity contribution in [3.05, 3.63) is 58.6 Å². The molecular formula is C22H25ClO4. The molecular weight excluding hydrogens is 364 g/mol. The normalized spacial score (nSPS) is 11.0. The molecule has 0 aliphatic rings. The van der Waals surface area contributed by atoms with Gasteiger partial charge < -0.3 is 14.2 Å². The lowest BCUT2D eigenvalue weighted by molar-refractivity contribution is 0.104. The summed E-state index contributed by atoms with van der Waals surface area (Å²) in [5, 5.41) is 0.423. The maximum absolute atomic E-state index is 12.4. The monoisotopic (exact) mass is 388 g/mol. The first-order valence-corrected chi connectivity index (χ1v) is 9.19. The smallest absolute Gasteiger partial charge is 0.185 e. The third-order valence-corrected chi connectivity index (χ3v) is 4.27. The van der Waals surface area contributed by atoms with E-state index in [1.807, 2.05) is 12.1 Å². The van der Waals surface area contributed by atoms with Crippen LogP contribution in [-0.4, -0.2) is 26.6 Å². The molecule has 0 saturated heterocycles. The molecule has 0 amide bonds. The Kier molecular flexibility index (Phi) is 7.74. The highest BCUT2D eigenvalue weighted by Crippen LogP contribution is 2.36. The summed E-state index contributed by atoms with van der Waals surface area (Å²) in [7, 11) is 3.07. The van der Waals surface area contributed by atoms with Gasteiger partial charge >= 0.3 is 0 Å². The van der Waals surface area contributed by atoms with Crippen LogP contribution in [0, 0.1) is 5.92 Å². The van der Waals surface area contributed by atoms with E-state index in [-0.39, 0.29) is 5.78 Å². The van der Waals surface area contributed by atoms with Gasteiger partial charge in [0.1, 0.15) is 5.75 Å². The Balaban J connectivity index is 2.05. The van der Waals surface area contributed by atoms with Crippen LogP contribution in [0.15, 0.2) is 42.5 Å². The Morgan fingerprint density at radius 2 is 1.81 bits per heavy atom. The first-order valence-electron chi connectivity index (χ1n) is 8.81. The van der Waals surface area contributed by atoms with Crippen molar-refractivity contribution in [3.8, 4) is 17.2 Å². The Hall–Kier alpha value is -2.46. The second-order valence-corrected chi connectivity index (χ2v) is 6.90. The fourth-order valence-electron chi connectivity index (χ4n) is 2.43. The van der Waals surface area contributed by atoms with Crippen LogP contribution in [0.2, 0.25) is 5.02 Å². The zero-order valence-electron chi connectivity index (χ0n) is 16.1. The van der Waals surface area contributed by atoms with Crippen molar-refractivity contribution in [2.75, 3.05) is 20.8 Å². The minimum Gasteiger partial charge on any atom is -0.494 e. The molecule has 0 atom stereocenters. The second-order valence-electron chi connectivity index (χ2n) is 6.49. The maximum Gasteiger partial charge on any atom is 0.185 e. The van der Waals surface area contributed by atoms with Gasteiger partial charge in [-0.3, -0.25) is 4.79 Å². The van der Waals surface area contributed by atoms with Gasteiger partial charge in [-0.25, -0.2) is 0 Å². The van der Waals surface area contributed by atoms with Crippen molar-refractivity contribution >= 4 is 23.5 Å². The highest BCUT2D eigenvalue weighted by molar-refractivity contribution is 6.32. The molecule has 144 valence electrons. The summed E-state index contributed by atoms with van der Waals surface area (Å²) in [6, 6.07) is 10.6. The first kappa shape index (κ1) is 20.8. The minimum absolute atomic E-state index is 0.102. The molecule has 5 heteroatoms. The molecule has 0 heterocycles. The molecule has 0 aliphatic carbocycles. The number of halogens is 1. The number of hydrogen-bond donors (Lipinski definition) is 0. The van der Waals surface area contributed by atoms with Crippen molar-refractivity contribution in [2.24, 2.45) is 5.92 Å². The highest BCUT2D eigenvalue weighted by Gasteiger charge is 2.10. The predicted octanol–water partition coefficient (Wildman–Crippen LogP) is 5.68. The van der Waals surface area contributed by atoms with Gasteiger partial charge in [0.25, 0.3) is 0 Å². The largest absolute Gasteiger partial charge is 0.494 e. The number of allylic oxidation sites excluding steroid dienone is 1. The lowest BCUT2D eigenvalue weighted by Gasteiger charge is -2.10. The zero-order chi connectivity index (χ0) is 19.8. The summed E-state index contributed by atoms with van der Waals surface area (Å²) in [5.41, 5.74) is 1.34. The van der Waals surface area contributed by atoms with Crippen LogP contribution in [-0.2, 0) is 0 Å². The molecule has 2 aromatic rings. The molecule has 0 aromatic heterocycles. The van der Waals surface area contributed by atoms with E-state index >= 15 is 0 Å². The molecule has 0 aliphatic heterocycles. The van der Waals surface area contributed by atoms with Crippen molar-refractivity contribution in [2.45, 2.75) is 20.3 Å². The fourth-order valence-corrected chi connectivity index (χ4v) is 2.73. The molecule has 0 spiro atoms. The number of methoxy groups -OCH3 is 2. The van der Waals surface area contributed by atoms with E-state index < -0.39 is 0 Å². The average Bonchev–Trinajstić information content (AvgIpc) is 2.65.